The van der Waals surface area contributed by atoms with Crippen molar-refractivity contribution < 1.29 is 33.9 Å². The van der Waals surface area contributed by atoms with Gasteiger partial charge in [-0.2, -0.15) is 0 Å². The highest BCUT2D eigenvalue weighted by atomic mass is 16.7. The second kappa shape index (κ2) is 10.6. The molecule has 2 N–H and O–H groups in total. The lowest BCUT2D eigenvalue weighted by Gasteiger charge is -2.49. The van der Waals surface area contributed by atoms with Crippen LogP contribution in [-0.4, -0.2) is 80.6 Å². The molecule has 2 aliphatic heterocycles. The van der Waals surface area contributed by atoms with Crippen LogP contribution in [0.15, 0.2) is 0 Å². The first-order valence-corrected chi connectivity index (χ1v) is 11.6. The number of aliphatic hydroxyl groups excluding tert-OH is 2. The van der Waals surface area contributed by atoms with E-state index in [2.05, 4.69) is 20.8 Å². The normalized spacial score (nSPS) is 42.1. The van der Waals surface area contributed by atoms with Gasteiger partial charge in [0.05, 0.1) is 37.1 Å². The zero-order chi connectivity index (χ0) is 21.9. The summed E-state index contributed by atoms with van der Waals surface area (Å²) in [5.74, 6) is 1.05. The number of hydrogen-bond acceptors (Lipinski definition) is 7. The van der Waals surface area contributed by atoms with Crippen molar-refractivity contribution in [2.45, 2.75) is 102 Å². The molecule has 3 aliphatic rings. The Hall–Kier alpha value is -0.280. The van der Waals surface area contributed by atoms with Crippen LogP contribution in [0.2, 0.25) is 0 Å². The minimum atomic E-state index is -0.364. The third-order valence-electron chi connectivity index (χ3n) is 7.59. The lowest BCUT2D eigenvalue weighted by molar-refractivity contribution is -0.282. The minimum Gasteiger partial charge on any atom is -0.396 e. The standard InChI is InChI=1S/C23H42O7/c1-6-14-9-16(14)17(25)10-15-11-21(23(2,3)20(29-15)7-8-24)30-22-12-18(26-4)19(27-5)13-28-22/h14-22,24-25H,6-13H2,1-5H3/t14?,15?,16?,17?,18?,19-,20?,21?,22-/m1/s1. The summed E-state index contributed by atoms with van der Waals surface area (Å²) >= 11 is 0. The molecular weight excluding hydrogens is 388 g/mol. The molecule has 9 atom stereocenters. The van der Waals surface area contributed by atoms with E-state index < -0.39 is 0 Å². The second-order valence-corrected chi connectivity index (χ2v) is 9.86. The fourth-order valence-electron chi connectivity index (χ4n) is 5.27. The van der Waals surface area contributed by atoms with Crippen molar-refractivity contribution in [3.8, 4) is 0 Å². The average Bonchev–Trinajstić information content (AvgIpc) is 3.52. The Morgan fingerprint density at radius 2 is 1.83 bits per heavy atom. The summed E-state index contributed by atoms with van der Waals surface area (Å²) in [4.78, 5) is 0. The van der Waals surface area contributed by atoms with Gasteiger partial charge in [0, 0.05) is 39.1 Å². The molecular formula is C23H42O7. The smallest absolute Gasteiger partial charge is 0.160 e. The molecule has 0 aromatic rings. The van der Waals surface area contributed by atoms with Gasteiger partial charge in [0.25, 0.3) is 0 Å². The van der Waals surface area contributed by atoms with Crippen LogP contribution in [0.4, 0.5) is 0 Å². The van der Waals surface area contributed by atoms with E-state index in [1.807, 2.05) is 0 Å². The molecule has 0 spiro atoms. The van der Waals surface area contributed by atoms with Crippen molar-refractivity contribution in [1.82, 2.24) is 0 Å². The minimum absolute atomic E-state index is 0.0663. The predicted molar refractivity (Wildman–Crippen MR) is 112 cm³/mol. The van der Waals surface area contributed by atoms with Crippen LogP contribution in [0.1, 0.15) is 59.3 Å². The van der Waals surface area contributed by atoms with Crippen LogP contribution in [0, 0.1) is 17.3 Å². The molecule has 0 bridgehead atoms. The Kier molecular flexibility index (Phi) is 8.57. The Morgan fingerprint density at radius 1 is 1.10 bits per heavy atom. The van der Waals surface area contributed by atoms with Crippen molar-refractivity contribution in [2.75, 3.05) is 27.4 Å². The summed E-state index contributed by atoms with van der Waals surface area (Å²) in [6.45, 7) is 6.95. The van der Waals surface area contributed by atoms with Gasteiger partial charge in [0.15, 0.2) is 6.29 Å². The third kappa shape index (κ3) is 5.55. The van der Waals surface area contributed by atoms with Gasteiger partial charge in [-0.1, -0.05) is 27.2 Å². The molecule has 0 radical (unpaired) electrons. The quantitative estimate of drug-likeness (QED) is 0.551. The van der Waals surface area contributed by atoms with E-state index in [-0.39, 0.29) is 54.9 Å². The Balaban J connectivity index is 1.64. The van der Waals surface area contributed by atoms with Gasteiger partial charge in [-0.3, -0.25) is 0 Å². The zero-order valence-electron chi connectivity index (χ0n) is 19.3. The molecule has 30 heavy (non-hydrogen) atoms. The molecule has 7 nitrogen and oxygen atoms in total. The van der Waals surface area contributed by atoms with E-state index in [4.69, 9.17) is 23.7 Å². The highest BCUT2D eigenvalue weighted by Gasteiger charge is 2.49. The Morgan fingerprint density at radius 3 is 2.43 bits per heavy atom. The SMILES string of the molecule is CCC1CC1C(O)CC1CC(O[C@@H]2CC(OC)[C@H](OC)CO2)C(C)(C)C(CCO)O1. The highest BCUT2D eigenvalue weighted by molar-refractivity contribution is 4.97. The van der Waals surface area contributed by atoms with Gasteiger partial charge < -0.3 is 33.9 Å². The van der Waals surface area contributed by atoms with Gasteiger partial charge in [-0.15, -0.1) is 0 Å². The molecule has 176 valence electrons. The predicted octanol–water partition coefficient (Wildman–Crippen LogP) is 2.51. The summed E-state index contributed by atoms with van der Waals surface area (Å²) in [6.07, 6.45) is 3.58. The maximum Gasteiger partial charge on any atom is 0.160 e. The number of ether oxygens (including phenoxy) is 5. The second-order valence-electron chi connectivity index (χ2n) is 9.86. The van der Waals surface area contributed by atoms with Crippen molar-refractivity contribution in [1.29, 1.82) is 0 Å². The monoisotopic (exact) mass is 430 g/mol. The first kappa shape index (κ1) is 24.4. The van der Waals surface area contributed by atoms with Gasteiger partial charge in [-0.25, -0.2) is 0 Å². The highest BCUT2D eigenvalue weighted by Crippen LogP contribution is 2.47. The van der Waals surface area contributed by atoms with E-state index in [1.165, 1.54) is 0 Å². The molecule has 3 fully saturated rings. The fraction of sp³-hybridized carbons (Fsp3) is 1.00. The maximum absolute atomic E-state index is 10.7. The molecule has 7 unspecified atom stereocenters. The summed E-state index contributed by atoms with van der Waals surface area (Å²) in [5, 5.41) is 20.3. The van der Waals surface area contributed by atoms with E-state index in [0.29, 0.717) is 44.1 Å². The van der Waals surface area contributed by atoms with Crippen LogP contribution >= 0.6 is 0 Å². The van der Waals surface area contributed by atoms with Crippen molar-refractivity contribution in [3.63, 3.8) is 0 Å². The van der Waals surface area contributed by atoms with E-state index in [1.54, 1.807) is 14.2 Å². The molecule has 3 rings (SSSR count). The van der Waals surface area contributed by atoms with Crippen molar-refractivity contribution in [2.24, 2.45) is 17.3 Å². The van der Waals surface area contributed by atoms with Crippen LogP contribution in [-0.2, 0) is 23.7 Å². The van der Waals surface area contributed by atoms with Gasteiger partial charge in [0.1, 0.15) is 6.10 Å². The summed E-state index contributed by atoms with van der Waals surface area (Å²) in [6, 6.07) is 0. The lowest BCUT2D eigenvalue weighted by atomic mass is 9.74. The van der Waals surface area contributed by atoms with Crippen molar-refractivity contribution in [3.05, 3.63) is 0 Å². The van der Waals surface area contributed by atoms with Crippen LogP contribution in [0.25, 0.3) is 0 Å². The van der Waals surface area contributed by atoms with Crippen LogP contribution in [0.3, 0.4) is 0 Å². The van der Waals surface area contributed by atoms with E-state index in [9.17, 15) is 10.2 Å². The Bertz CT molecular complexity index is 528. The van der Waals surface area contributed by atoms with Gasteiger partial charge in [-0.05, 0) is 31.1 Å². The molecule has 2 saturated heterocycles. The van der Waals surface area contributed by atoms with Crippen LogP contribution in [0.5, 0.6) is 0 Å². The largest absolute Gasteiger partial charge is 0.396 e. The summed E-state index contributed by atoms with van der Waals surface area (Å²) < 4.78 is 29.8. The third-order valence-corrected chi connectivity index (χ3v) is 7.59. The first-order chi connectivity index (χ1) is 14.3. The topological polar surface area (TPSA) is 86.6 Å². The first-order valence-electron chi connectivity index (χ1n) is 11.6. The summed E-state index contributed by atoms with van der Waals surface area (Å²) in [7, 11) is 3.36. The fourth-order valence-corrected chi connectivity index (χ4v) is 5.27. The number of rotatable bonds is 10. The molecule has 2 heterocycles. The van der Waals surface area contributed by atoms with Crippen LogP contribution < -0.4 is 0 Å². The van der Waals surface area contributed by atoms with Gasteiger partial charge in [0.2, 0.25) is 0 Å². The maximum atomic E-state index is 10.7. The molecule has 1 aliphatic carbocycles. The number of aliphatic hydroxyl groups is 2. The van der Waals surface area contributed by atoms with Gasteiger partial charge >= 0.3 is 0 Å². The number of methoxy groups -OCH3 is 2. The molecule has 0 aromatic heterocycles. The van der Waals surface area contributed by atoms with E-state index in [0.717, 1.165) is 12.8 Å². The van der Waals surface area contributed by atoms with Crippen molar-refractivity contribution >= 4 is 0 Å². The number of hydrogen-bond donors (Lipinski definition) is 2. The molecule has 0 aromatic carbocycles. The Labute approximate surface area is 181 Å². The summed E-state index contributed by atoms with van der Waals surface area (Å²) in [5.41, 5.74) is -0.278. The molecule has 7 heteroatoms. The zero-order valence-corrected chi connectivity index (χ0v) is 19.3. The lowest BCUT2D eigenvalue weighted by Crippen LogP contribution is -2.54. The average molecular weight is 431 g/mol. The van der Waals surface area contributed by atoms with E-state index >= 15 is 0 Å². The molecule has 1 saturated carbocycles. The molecule has 0 amide bonds.